The summed E-state index contributed by atoms with van der Waals surface area (Å²) in [6.45, 7) is 6.61. The van der Waals surface area contributed by atoms with Gasteiger partial charge in [-0.25, -0.2) is 4.39 Å². The predicted octanol–water partition coefficient (Wildman–Crippen LogP) is 2.51. The van der Waals surface area contributed by atoms with Crippen LogP contribution in [-0.4, -0.2) is 41.9 Å². The molecule has 146 valence electrons. The van der Waals surface area contributed by atoms with Gasteiger partial charge in [0.25, 0.3) is 0 Å². The number of rotatable bonds is 4. The van der Waals surface area contributed by atoms with Crippen LogP contribution in [0.5, 0.6) is 0 Å². The number of hydrogen-bond acceptors (Lipinski definition) is 3. The van der Waals surface area contributed by atoms with Gasteiger partial charge >= 0.3 is 0 Å². The molecule has 0 radical (unpaired) electrons. The van der Waals surface area contributed by atoms with Gasteiger partial charge in [0, 0.05) is 56.7 Å². The molecule has 1 aliphatic heterocycles. The maximum Gasteiger partial charge on any atom is 0.191 e. The largest absolute Gasteiger partial charge is 0.371 e. The number of anilines is 1. The van der Waals surface area contributed by atoms with Crippen LogP contribution in [-0.2, 0) is 13.6 Å². The minimum absolute atomic E-state index is 0.182. The first-order valence-corrected chi connectivity index (χ1v) is 9.44. The van der Waals surface area contributed by atoms with Gasteiger partial charge in [0.1, 0.15) is 5.82 Å². The number of halogens is 1. The number of aryl methyl sites for hydroxylation is 2. The number of guanidine groups is 1. The molecule has 1 saturated heterocycles. The van der Waals surface area contributed by atoms with Gasteiger partial charge in [-0.05, 0) is 44.9 Å². The third-order valence-electron chi connectivity index (χ3n) is 5.32. The van der Waals surface area contributed by atoms with Crippen LogP contribution in [0.4, 0.5) is 10.1 Å². The van der Waals surface area contributed by atoms with Crippen LogP contribution in [0.2, 0.25) is 0 Å². The molecule has 0 atom stereocenters. The molecule has 1 aromatic heterocycles. The number of nitrogens with one attached hydrogen (secondary N) is 2. The Bertz CT molecular complexity index is 805. The van der Waals surface area contributed by atoms with E-state index in [0.29, 0.717) is 12.6 Å². The van der Waals surface area contributed by atoms with Crippen molar-refractivity contribution >= 4 is 11.6 Å². The van der Waals surface area contributed by atoms with Crippen molar-refractivity contribution in [2.75, 3.05) is 25.0 Å². The van der Waals surface area contributed by atoms with Crippen LogP contribution in [0, 0.1) is 19.7 Å². The average Bonchev–Trinajstić information content (AvgIpc) is 2.91. The molecular weight excluding hydrogens is 343 g/mol. The second-order valence-corrected chi connectivity index (χ2v) is 7.08. The maximum atomic E-state index is 13.4. The smallest absolute Gasteiger partial charge is 0.191 e. The van der Waals surface area contributed by atoms with Crippen molar-refractivity contribution in [1.82, 2.24) is 20.4 Å². The summed E-state index contributed by atoms with van der Waals surface area (Å²) in [6, 6.07) is 7.18. The number of aliphatic imine (C=N–C) groups is 1. The lowest BCUT2D eigenvalue weighted by molar-refractivity contribution is 0.461. The molecule has 3 rings (SSSR count). The van der Waals surface area contributed by atoms with E-state index in [1.165, 1.54) is 17.3 Å². The van der Waals surface area contributed by atoms with Gasteiger partial charge in [-0.15, -0.1) is 0 Å². The van der Waals surface area contributed by atoms with E-state index >= 15 is 0 Å². The molecule has 27 heavy (non-hydrogen) atoms. The van der Waals surface area contributed by atoms with Gasteiger partial charge in [-0.1, -0.05) is 6.07 Å². The number of piperidine rings is 1. The van der Waals surface area contributed by atoms with Crippen LogP contribution >= 0.6 is 0 Å². The van der Waals surface area contributed by atoms with Crippen LogP contribution in [0.15, 0.2) is 29.3 Å². The molecule has 0 aliphatic carbocycles. The van der Waals surface area contributed by atoms with E-state index < -0.39 is 0 Å². The quantitative estimate of drug-likeness (QED) is 0.640. The summed E-state index contributed by atoms with van der Waals surface area (Å²) in [5.41, 5.74) is 4.38. The van der Waals surface area contributed by atoms with E-state index in [0.717, 1.165) is 43.3 Å². The van der Waals surface area contributed by atoms with Gasteiger partial charge in [0.15, 0.2) is 5.96 Å². The van der Waals surface area contributed by atoms with Crippen LogP contribution in [0.1, 0.15) is 29.8 Å². The van der Waals surface area contributed by atoms with Gasteiger partial charge in [-0.2, -0.15) is 5.10 Å². The van der Waals surface area contributed by atoms with E-state index in [1.54, 1.807) is 19.2 Å². The first kappa shape index (κ1) is 19.2. The number of benzene rings is 1. The highest BCUT2D eigenvalue weighted by atomic mass is 19.1. The molecule has 0 saturated carbocycles. The molecule has 1 fully saturated rings. The first-order valence-electron chi connectivity index (χ1n) is 9.44. The summed E-state index contributed by atoms with van der Waals surface area (Å²) in [4.78, 5) is 6.59. The molecule has 7 heteroatoms. The van der Waals surface area contributed by atoms with Gasteiger partial charge in [0.2, 0.25) is 0 Å². The summed E-state index contributed by atoms with van der Waals surface area (Å²) in [5.74, 6) is 0.625. The van der Waals surface area contributed by atoms with Crippen molar-refractivity contribution in [2.45, 2.75) is 39.3 Å². The van der Waals surface area contributed by atoms with Crippen molar-refractivity contribution in [3.8, 4) is 0 Å². The highest BCUT2D eigenvalue weighted by Gasteiger charge is 2.20. The standard InChI is InChI=1S/C20H29FN6/c1-14-19(15(2)26(4)25-14)13-23-20(22-3)24-17-8-10-27(11-9-17)18-7-5-6-16(21)12-18/h5-7,12,17H,8-11,13H2,1-4H3,(H2,22,23,24). The zero-order valence-corrected chi connectivity index (χ0v) is 16.6. The van der Waals surface area contributed by atoms with Crippen molar-refractivity contribution in [3.05, 3.63) is 47.0 Å². The Morgan fingerprint density at radius 1 is 1.30 bits per heavy atom. The molecule has 0 amide bonds. The summed E-state index contributed by atoms with van der Waals surface area (Å²) >= 11 is 0. The zero-order valence-electron chi connectivity index (χ0n) is 16.6. The Hall–Kier alpha value is -2.57. The second kappa shape index (κ2) is 8.41. The summed E-state index contributed by atoms with van der Waals surface area (Å²) < 4.78 is 15.3. The third kappa shape index (κ3) is 4.59. The molecule has 0 spiro atoms. The Morgan fingerprint density at radius 2 is 2.04 bits per heavy atom. The minimum atomic E-state index is -0.182. The van der Waals surface area contributed by atoms with Gasteiger partial charge < -0.3 is 15.5 Å². The van der Waals surface area contributed by atoms with Gasteiger partial charge in [0.05, 0.1) is 5.69 Å². The zero-order chi connectivity index (χ0) is 19.4. The maximum absolute atomic E-state index is 13.4. The van der Waals surface area contributed by atoms with Crippen LogP contribution in [0.25, 0.3) is 0 Å². The average molecular weight is 372 g/mol. The second-order valence-electron chi connectivity index (χ2n) is 7.08. The Kier molecular flexibility index (Phi) is 5.98. The molecule has 6 nitrogen and oxygen atoms in total. The minimum Gasteiger partial charge on any atom is -0.371 e. The van der Waals surface area contributed by atoms with E-state index in [1.807, 2.05) is 24.7 Å². The van der Waals surface area contributed by atoms with E-state index in [2.05, 4.69) is 32.5 Å². The highest BCUT2D eigenvalue weighted by molar-refractivity contribution is 5.80. The monoisotopic (exact) mass is 372 g/mol. The molecule has 1 aromatic carbocycles. The lowest BCUT2D eigenvalue weighted by Gasteiger charge is -2.34. The topological polar surface area (TPSA) is 57.5 Å². The van der Waals surface area contributed by atoms with Crippen molar-refractivity contribution in [2.24, 2.45) is 12.0 Å². The highest BCUT2D eigenvalue weighted by Crippen LogP contribution is 2.20. The van der Waals surface area contributed by atoms with Crippen molar-refractivity contribution in [1.29, 1.82) is 0 Å². The molecule has 1 aliphatic rings. The lowest BCUT2D eigenvalue weighted by Crippen LogP contribution is -2.48. The normalized spacial score (nSPS) is 15.9. The number of aromatic nitrogens is 2. The molecule has 0 bridgehead atoms. The Balaban J connectivity index is 1.51. The van der Waals surface area contributed by atoms with E-state index in [9.17, 15) is 4.39 Å². The van der Waals surface area contributed by atoms with E-state index in [-0.39, 0.29) is 5.82 Å². The van der Waals surface area contributed by atoms with Crippen molar-refractivity contribution < 1.29 is 4.39 Å². The van der Waals surface area contributed by atoms with E-state index in [4.69, 9.17) is 0 Å². The fourth-order valence-electron chi connectivity index (χ4n) is 3.59. The molecule has 2 heterocycles. The first-order chi connectivity index (χ1) is 13.0. The SMILES string of the molecule is CN=C(NCc1c(C)nn(C)c1C)NC1CCN(c2cccc(F)c2)CC1. The van der Waals surface area contributed by atoms with Gasteiger partial charge in [-0.3, -0.25) is 9.67 Å². The molecular formula is C20H29FN6. The Labute approximate surface area is 160 Å². The number of nitrogens with zero attached hydrogens (tertiary/aromatic N) is 4. The molecule has 2 aromatic rings. The lowest BCUT2D eigenvalue weighted by atomic mass is 10.0. The predicted molar refractivity (Wildman–Crippen MR) is 108 cm³/mol. The summed E-state index contributed by atoms with van der Waals surface area (Å²) in [6.07, 6.45) is 1.98. The fraction of sp³-hybridized carbons (Fsp3) is 0.500. The van der Waals surface area contributed by atoms with Crippen LogP contribution < -0.4 is 15.5 Å². The number of hydrogen-bond donors (Lipinski definition) is 2. The third-order valence-corrected chi connectivity index (χ3v) is 5.32. The molecule has 0 unspecified atom stereocenters. The fourth-order valence-corrected chi connectivity index (χ4v) is 3.59. The Morgan fingerprint density at radius 3 is 2.63 bits per heavy atom. The summed E-state index contributed by atoms with van der Waals surface area (Å²) in [5, 5.41) is 11.4. The summed E-state index contributed by atoms with van der Waals surface area (Å²) in [7, 11) is 3.76. The van der Waals surface area contributed by atoms with Crippen molar-refractivity contribution in [3.63, 3.8) is 0 Å². The van der Waals surface area contributed by atoms with Crippen LogP contribution in [0.3, 0.4) is 0 Å². The molecule has 2 N–H and O–H groups in total.